The molecule has 0 bridgehead atoms. The maximum absolute atomic E-state index is 11.2. The van der Waals surface area contributed by atoms with Crippen LogP contribution in [0.15, 0.2) is 30.3 Å². The second kappa shape index (κ2) is 6.89. The first-order chi connectivity index (χ1) is 8.13. The summed E-state index contributed by atoms with van der Waals surface area (Å²) in [6.45, 7) is 6.77. The fourth-order valence-corrected chi connectivity index (χ4v) is 1.41. The Morgan fingerprint density at radius 3 is 2.47 bits per heavy atom. The van der Waals surface area contributed by atoms with Gasteiger partial charge in [-0.3, -0.25) is 0 Å². The predicted octanol–water partition coefficient (Wildman–Crippen LogP) is 3.78. The van der Waals surface area contributed by atoms with Crippen LogP contribution in [0.5, 0.6) is 0 Å². The van der Waals surface area contributed by atoms with Crippen LogP contribution in [-0.4, -0.2) is 12.6 Å². The van der Waals surface area contributed by atoms with Gasteiger partial charge in [0, 0.05) is 6.08 Å². The summed E-state index contributed by atoms with van der Waals surface area (Å²) in [5.74, 6) is 0.252. The molecule has 0 fully saturated rings. The third-order valence-corrected chi connectivity index (χ3v) is 2.46. The van der Waals surface area contributed by atoms with Gasteiger partial charge in [-0.2, -0.15) is 0 Å². The highest BCUT2D eigenvalue weighted by atomic mass is 16.5. The quantitative estimate of drug-likeness (QED) is 0.570. The monoisotopic (exact) mass is 232 g/mol. The molecule has 0 aromatic heterocycles. The Bertz CT molecular complexity index is 374. The third kappa shape index (κ3) is 4.85. The number of benzene rings is 1. The predicted molar refractivity (Wildman–Crippen MR) is 70.8 cm³/mol. The maximum atomic E-state index is 11.2. The molecule has 1 aromatic carbocycles. The molecule has 92 valence electrons. The Morgan fingerprint density at radius 1 is 1.29 bits per heavy atom. The van der Waals surface area contributed by atoms with Crippen LogP contribution < -0.4 is 0 Å². The number of hydrogen-bond donors (Lipinski definition) is 0. The van der Waals surface area contributed by atoms with E-state index in [2.05, 4.69) is 26.0 Å². The topological polar surface area (TPSA) is 26.3 Å². The van der Waals surface area contributed by atoms with Gasteiger partial charge in [-0.1, -0.05) is 45.0 Å². The van der Waals surface area contributed by atoms with Crippen molar-refractivity contribution in [3.63, 3.8) is 0 Å². The van der Waals surface area contributed by atoms with Crippen molar-refractivity contribution in [2.45, 2.75) is 33.1 Å². The summed E-state index contributed by atoms with van der Waals surface area (Å²) < 4.78 is 4.95. The van der Waals surface area contributed by atoms with Crippen molar-refractivity contribution < 1.29 is 9.53 Å². The van der Waals surface area contributed by atoms with Crippen LogP contribution in [0.3, 0.4) is 0 Å². The Labute approximate surface area is 103 Å². The van der Waals surface area contributed by atoms with Gasteiger partial charge in [0.25, 0.3) is 0 Å². The van der Waals surface area contributed by atoms with E-state index in [0.29, 0.717) is 12.5 Å². The van der Waals surface area contributed by atoms with Crippen LogP contribution in [0.1, 0.15) is 44.2 Å². The molecular formula is C15H20O2. The summed E-state index contributed by atoms with van der Waals surface area (Å²) >= 11 is 0. The molecule has 0 aliphatic carbocycles. The van der Waals surface area contributed by atoms with Gasteiger partial charge in [0.1, 0.15) is 0 Å². The van der Waals surface area contributed by atoms with Crippen LogP contribution in [0.2, 0.25) is 0 Å². The van der Waals surface area contributed by atoms with Crippen LogP contribution in [0.4, 0.5) is 0 Å². The van der Waals surface area contributed by atoms with Gasteiger partial charge >= 0.3 is 5.97 Å². The Kier molecular flexibility index (Phi) is 5.47. The molecule has 2 nitrogen and oxygen atoms in total. The van der Waals surface area contributed by atoms with Crippen molar-refractivity contribution in [1.82, 2.24) is 0 Å². The van der Waals surface area contributed by atoms with E-state index >= 15 is 0 Å². The van der Waals surface area contributed by atoms with Crippen LogP contribution >= 0.6 is 0 Å². The van der Waals surface area contributed by atoms with Crippen molar-refractivity contribution >= 4 is 12.0 Å². The second-order valence-electron chi connectivity index (χ2n) is 4.32. The lowest BCUT2D eigenvalue weighted by atomic mass is 10.0. The van der Waals surface area contributed by atoms with E-state index in [1.807, 2.05) is 19.1 Å². The number of ether oxygens (including phenoxy) is 1. The van der Waals surface area contributed by atoms with Crippen LogP contribution in [0.25, 0.3) is 6.08 Å². The molecule has 0 atom stereocenters. The number of esters is 1. The summed E-state index contributed by atoms with van der Waals surface area (Å²) in [5, 5.41) is 0. The second-order valence-corrected chi connectivity index (χ2v) is 4.32. The SMILES string of the molecule is CCCOC(=O)/C=C/c1ccc(C(C)C)cc1. The molecule has 0 saturated carbocycles. The minimum absolute atomic E-state index is 0.278. The number of carbonyl (C=O) groups is 1. The fraction of sp³-hybridized carbons (Fsp3) is 0.400. The minimum Gasteiger partial charge on any atom is -0.463 e. The summed E-state index contributed by atoms with van der Waals surface area (Å²) in [6.07, 6.45) is 4.10. The molecule has 2 heteroatoms. The number of carbonyl (C=O) groups excluding carboxylic acids is 1. The first kappa shape index (κ1) is 13.5. The van der Waals surface area contributed by atoms with Crippen molar-refractivity contribution in [2.75, 3.05) is 6.61 Å². The molecule has 17 heavy (non-hydrogen) atoms. The zero-order valence-electron chi connectivity index (χ0n) is 10.8. The molecule has 0 heterocycles. The molecule has 0 aliphatic heterocycles. The van der Waals surface area contributed by atoms with Crippen molar-refractivity contribution in [2.24, 2.45) is 0 Å². The Morgan fingerprint density at radius 2 is 1.94 bits per heavy atom. The average Bonchev–Trinajstić information content (AvgIpc) is 2.34. The lowest BCUT2D eigenvalue weighted by Gasteiger charge is -2.04. The summed E-state index contributed by atoms with van der Waals surface area (Å²) in [5.41, 5.74) is 2.32. The van der Waals surface area contributed by atoms with Crippen LogP contribution in [-0.2, 0) is 9.53 Å². The van der Waals surface area contributed by atoms with E-state index in [1.165, 1.54) is 11.6 Å². The van der Waals surface area contributed by atoms with Gasteiger partial charge in [-0.25, -0.2) is 4.79 Å². The Hall–Kier alpha value is -1.57. The van der Waals surface area contributed by atoms with Crippen molar-refractivity contribution in [1.29, 1.82) is 0 Å². The van der Waals surface area contributed by atoms with Gasteiger partial charge < -0.3 is 4.74 Å². The third-order valence-electron chi connectivity index (χ3n) is 2.46. The molecule has 0 N–H and O–H groups in total. The van der Waals surface area contributed by atoms with Crippen LogP contribution in [0, 0.1) is 0 Å². The molecule has 0 unspecified atom stereocenters. The van der Waals surface area contributed by atoms with E-state index in [9.17, 15) is 4.79 Å². The highest BCUT2D eigenvalue weighted by Crippen LogP contribution is 2.15. The van der Waals surface area contributed by atoms with Gasteiger partial charge in [0.2, 0.25) is 0 Å². The lowest BCUT2D eigenvalue weighted by Crippen LogP contribution is -2.00. The molecule has 1 rings (SSSR count). The molecule has 1 aromatic rings. The normalized spacial score (nSPS) is 11.1. The largest absolute Gasteiger partial charge is 0.463 e. The zero-order valence-corrected chi connectivity index (χ0v) is 10.8. The summed E-state index contributed by atoms with van der Waals surface area (Å²) in [6, 6.07) is 8.20. The first-order valence-electron chi connectivity index (χ1n) is 6.08. The zero-order chi connectivity index (χ0) is 12.7. The molecule has 0 amide bonds. The standard InChI is InChI=1S/C15H20O2/c1-4-11-17-15(16)10-7-13-5-8-14(9-6-13)12(2)3/h5-10,12H,4,11H2,1-3H3/b10-7+. The van der Waals surface area contributed by atoms with Gasteiger partial charge in [0.05, 0.1) is 6.61 Å². The van der Waals surface area contributed by atoms with Gasteiger partial charge in [0.15, 0.2) is 0 Å². The molecule has 0 saturated heterocycles. The average molecular weight is 232 g/mol. The molecule has 0 radical (unpaired) electrons. The van der Waals surface area contributed by atoms with Crippen molar-refractivity contribution in [3.05, 3.63) is 41.5 Å². The van der Waals surface area contributed by atoms with E-state index in [-0.39, 0.29) is 5.97 Å². The van der Waals surface area contributed by atoms with E-state index in [0.717, 1.165) is 12.0 Å². The lowest BCUT2D eigenvalue weighted by molar-refractivity contribution is -0.137. The molecule has 0 aliphatic rings. The highest BCUT2D eigenvalue weighted by Gasteiger charge is 1.98. The number of hydrogen-bond acceptors (Lipinski definition) is 2. The van der Waals surface area contributed by atoms with Gasteiger partial charge in [-0.15, -0.1) is 0 Å². The molecular weight excluding hydrogens is 212 g/mol. The highest BCUT2D eigenvalue weighted by molar-refractivity contribution is 5.87. The van der Waals surface area contributed by atoms with Gasteiger partial charge in [-0.05, 0) is 29.5 Å². The van der Waals surface area contributed by atoms with Crippen molar-refractivity contribution in [3.8, 4) is 0 Å². The molecule has 0 spiro atoms. The Balaban J connectivity index is 2.56. The minimum atomic E-state index is -0.278. The number of rotatable bonds is 5. The first-order valence-corrected chi connectivity index (χ1v) is 6.08. The smallest absolute Gasteiger partial charge is 0.330 e. The fourth-order valence-electron chi connectivity index (χ4n) is 1.41. The van der Waals surface area contributed by atoms with E-state index in [1.54, 1.807) is 6.08 Å². The summed E-state index contributed by atoms with van der Waals surface area (Å²) in [7, 11) is 0. The summed E-state index contributed by atoms with van der Waals surface area (Å²) in [4.78, 5) is 11.2. The van der Waals surface area contributed by atoms with E-state index in [4.69, 9.17) is 4.74 Å². The van der Waals surface area contributed by atoms with E-state index < -0.39 is 0 Å². The maximum Gasteiger partial charge on any atom is 0.330 e.